The number of benzene rings is 2. The highest BCUT2D eigenvalue weighted by molar-refractivity contribution is 7.98. The van der Waals surface area contributed by atoms with Crippen molar-refractivity contribution in [1.82, 2.24) is 24.3 Å². The number of hydrogen-bond acceptors (Lipinski definition) is 8. The predicted molar refractivity (Wildman–Crippen MR) is 134 cm³/mol. The van der Waals surface area contributed by atoms with Gasteiger partial charge in [0.1, 0.15) is 0 Å². The molecule has 5 aromatic rings. The van der Waals surface area contributed by atoms with Crippen LogP contribution in [-0.2, 0) is 5.75 Å². The van der Waals surface area contributed by atoms with E-state index in [9.17, 15) is 9.59 Å². The topological polar surface area (TPSA) is 113 Å². The van der Waals surface area contributed by atoms with Crippen LogP contribution in [0.2, 0.25) is 0 Å². The van der Waals surface area contributed by atoms with Crippen LogP contribution < -0.4 is 20.5 Å². The number of carbonyl (C=O) groups excluding carboxylic acids is 1. The maximum atomic E-state index is 13.0. The van der Waals surface area contributed by atoms with Crippen molar-refractivity contribution in [2.45, 2.75) is 17.3 Å². The molecule has 4 heterocycles. The van der Waals surface area contributed by atoms with Crippen molar-refractivity contribution in [2.24, 2.45) is 0 Å². The van der Waals surface area contributed by atoms with Crippen molar-refractivity contribution in [1.29, 1.82) is 0 Å². The van der Waals surface area contributed by atoms with Crippen molar-refractivity contribution in [3.63, 3.8) is 0 Å². The van der Waals surface area contributed by atoms with Crippen LogP contribution in [0.25, 0.3) is 16.7 Å². The fraction of sp³-hybridized carbons (Fsp3) is 0.160. The number of hydrogen-bond donors (Lipinski definition) is 1. The molecule has 2 aromatic carbocycles. The van der Waals surface area contributed by atoms with E-state index < -0.39 is 5.56 Å². The van der Waals surface area contributed by atoms with Crippen LogP contribution in [0, 0.1) is 0 Å². The van der Waals surface area contributed by atoms with E-state index in [0.717, 1.165) is 28.2 Å². The summed E-state index contributed by atoms with van der Waals surface area (Å²) < 4.78 is 14.1. The molecule has 0 radical (unpaired) electrons. The van der Waals surface area contributed by atoms with Gasteiger partial charge in [-0.05, 0) is 35.9 Å². The summed E-state index contributed by atoms with van der Waals surface area (Å²) in [4.78, 5) is 34.3. The summed E-state index contributed by atoms with van der Waals surface area (Å²) >= 11 is 1.46. The first-order valence-electron chi connectivity index (χ1n) is 11.3. The SMILES string of the molecule is O=C(Nn1ccc2c(cnc3nc(SCc4ccc5c(c4)OCCCO5)nn32)c1=O)c1ccccc1. The molecule has 0 saturated heterocycles. The number of aromatic nitrogens is 5. The minimum atomic E-state index is -0.414. The van der Waals surface area contributed by atoms with Gasteiger partial charge in [-0.2, -0.15) is 9.50 Å². The largest absolute Gasteiger partial charge is 0.490 e. The molecule has 6 rings (SSSR count). The molecule has 180 valence electrons. The van der Waals surface area contributed by atoms with Crippen molar-refractivity contribution in [2.75, 3.05) is 18.6 Å². The normalized spacial score (nSPS) is 13.0. The predicted octanol–water partition coefficient (Wildman–Crippen LogP) is 3.28. The molecule has 1 amide bonds. The van der Waals surface area contributed by atoms with Crippen molar-refractivity contribution < 1.29 is 14.3 Å². The van der Waals surface area contributed by atoms with Crippen LogP contribution in [-0.4, -0.2) is 43.4 Å². The third kappa shape index (κ3) is 4.24. The number of nitrogens with zero attached hydrogens (tertiary/aromatic N) is 5. The van der Waals surface area contributed by atoms with Gasteiger partial charge in [-0.3, -0.25) is 15.0 Å². The van der Waals surface area contributed by atoms with Crippen LogP contribution >= 0.6 is 11.8 Å². The molecule has 3 aromatic heterocycles. The Morgan fingerprint density at radius 2 is 1.89 bits per heavy atom. The maximum absolute atomic E-state index is 13.0. The first-order valence-corrected chi connectivity index (χ1v) is 12.3. The van der Waals surface area contributed by atoms with E-state index >= 15 is 0 Å². The Labute approximate surface area is 208 Å². The summed E-state index contributed by atoms with van der Waals surface area (Å²) in [5.74, 6) is 2.13. The van der Waals surface area contributed by atoms with Gasteiger partial charge >= 0.3 is 0 Å². The summed E-state index contributed by atoms with van der Waals surface area (Å²) in [7, 11) is 0. The smallest absolute Gasteiger partial charge is 0.280 e. The number of thioether (sulfide) groups is 1. The summed E-state index contributed by atoms with van der Waals surface area (Å²) in [6.07, 6.45) is 3.80. The molecule has 0 atom stereocenters. The monoisotopic (exact) mass is 500 g/mol. The zero-order chi connectivity index (χ0) is 24.5. The second kappa shape index (κ2) is 9.34. The van der Waals surface area contributed by atoms with Gasteiger partial charge in [0.2, 0.25) is 5.16 Å². The highest BCUT2D eigenvalue weighted by atomic mass is 32.2. The molecular weight excluding hydrogens is 480 g/mol. The van der Waals surface area contributed by atoms with Gasteiger partial charge in [-0.25, -0.2) is 9.66 Å². The van der Waals surface area contributed by atoms with Crippen molar-refractivity contribution in [3.05, 3.63) is 88.5 Å². The number of carbonyl (C=O) groups is 1. The van der Waals surface area contributed by atoms with Crippen LogP contribution in [0.1, 0.15) is 22.3 Å². The molecule has 11 heteroatoms. The first-order chi connectivity index (χ1) is 17.7. The molecule has 0 aliphatic carbocycles. The number of fused-ring (bicyclic) bond motifs is 4. The lowest BCUT2D eigenvalue weighted by Gasteiger charge is -2.09. The van der Waals surface area contributed by atoms with E-state index in [1.165, 1.54) is 28.7 Å². The molecule has 0 spiro atoms. The fourth-order valence-electron chi connectivity index (χ4n) is 3.86. The molecule has 0 fully saturated rings. The minimum absolute atomic E-state index is 0.308. The number of pyridine rings is 1. The Morgan fingerprint density at radius 1 is 1.06 bits per heavy atom. The van der Waals surface area contributed by atoms with Gasteiger partial charge < -0.3 is 9.47 Å². The Morgan fingerprint density at radius 3 is 2.75 bits per heavy atom. The Kier molecular flexibility index (Phi) is 5.74. The van der Waals surface area contributed by atoms with Gasteiger partial charge in [-0.15, -0.1) is 5.10 Å². The summed E-state index contributed by atoms with van der Waals surface area (Å²) in [6.45, 7) is 1.28. The van der Waals surface area contributed by atoms with E-state index in [-0.39, 0.29) is 5.91 Å². The summed E-state index contributed by atoms with van der Waals surface area (Å²) in [6, 6.07) is 16.3. The van der Waals surface area contributed by atoms with Gasteiger partial charge in [-0.1, -0.05) is 36.0 Å². The Balaban J connectivity index is 1.24. The molecule has 1 aliphatic rings. The number of ether oxygens (including phenoxy) is 2. The lowest BCUT2D eigenvalue weighted by Crippen LogP contribution is -2.32. The average molecular weight is 501 g/mol. The molecule has 1 aliphatic heterocycles. The summed E-state index contributed by atoms with van der Waals surface area (Å²) in [5.41, 5.74) is 4.24. The average Bonchev–Trinajstić information content (AvgIpc) is 3.19. The van der Waals surface area contributed by atoms with E-state index in [0.29, 0.717) is 46.4 Å². The van der Waals surface area contributed by atoms with Gasteiger partial charge in [0.05, 0.1) is 24.1 Å². The van der Waals surface area contributed by atoms with Gasteiger partial charge in [0.15, 0.2) is 11.5 Å². The number of amides is 1. The zero-order valence-electron chi connectivity index (χ0n) is 19.0. The standard InChI is InChI=1S/C25H20N6O4S/c32-22(17-5-2-1-3-6-17)28-30-10-9-19-18(23(30)33)14-26-24-27-25(29-31(19)24)36-15-16-7-8-20-21(13-16)35-12-4-11-34-20/h1-3,5-10,13-14H,4,11-12,15H2,(H,28,32). The zero-order valence-corrected chi connectivity index (χ0v) is 19.8. The highest BCUT2D eigenvalue weighted by Crippen LogP contribution is 2.32. The lowest BCUT2D eigenvalue weighted by molar-refractivity contribution is 0.101. The van der Waals surface area contributed by atoms with Gasteiger partial charge in [0.25, 0.3) is 17.2 Å². The number of nitrogens with one attached hydrogen (secondary N) is 1. The number of rotatable bonds is 5. The molecule has 36 heavy (non-hydrogen) atoms. The summed E-state index contributed by atoms with van der Waals surface area (Å²) in [5, 5.41) is 5.39. The van der Waals surface area contributed by atoms with Crippen LogP contribution in [0.3, 0.4) is 0 Å². The highest BCUT2D eigenvalue weighted by Gasteiger charge is 2.15. The van der Waals surface area contributed by atoms with Crippen LogP contribution in [0.5, 0.6) is 11.5 Å². The molecular formula is C25H20N6O4S. The van der Waals surface area contributed by atoms with Crippen LogP contribution in [0.15, 0.2) is 76.9 Å². The minimum Gasteiger partial charge on any atom is -0.490 e. The second-order valence-electron chi connectivity index (χ2n) is 8.08. The quantitative estimate of drug-likeness (QED) is 0.366. The maximum Gasteiger partial charge on any atom is 0.280 e. The van der Waals surface area contributed by atoms with Crippen LogP contribution in [0.4, 0.5) is 0 Å². The molecule has 10 nitrogen and oxygen atoms in total. The molecule has 0 saturated carbocycles. The van der Waals surface area contributed by atoms with E-state index in [4.69, 9.17) is 9.47 Å². The molecule has 1 N–H and O–H groups in total. The Hall–Kier alpha value is -4.38. The molecule has 0 unspecified atom stereocenters. The lowest BCUT2D eigenvalue weighted by atomic mass is 10.2. The first kappa shape index (κ1) is 22.1. The Bertz CT molecular complexity index is 1650. The third-order valence-electron chi connectivity index (χ3n) is 5.65. The molecule has 0 bridgehead atoms. The van der Waals surface area contributed by atoms with E-state index in [2.05, 4.69) is 20.5 Å². The van der Waals surface area contributed by atoms with Gasteiger partial charge in [0, 0.05) is 30.1 Å². The fourth-order valence-corrected chi connectivity index (χ4v) is 4.62. The van der Waals surface area contributed by atoms with E-state index in [1.54, 1.807) is 30.3 Å². The van der Waals surface area contributed by atoms with E-state index in [1.807, 2.05) is 24.3 Å². The van der Waals surface area contributed by atoms with Crippen molar-refractivity contribution >= 4 is 34.3 Å². The van der Waals surface area contributed by atoms with Crippen molar-refractivity contribution in [3.8, 4) is 11.5 Å². The second-order valence-corrected chi connectivity index (χ2v) is 9.02. The third-order valence-corrected chi connectivity index (χ3v) is 6.56.